The molecule has 96 valence electrons. The molecule has 0 spiro atoms. The van der Waals surface area contributed by atoms with Gasteiger partial charge < -0.3 is 5.32 Å². The van der Waals surface area contributed by atoms with Crippen molar-refractivity contribution < 1.29 is 8.42 Å². The quantitative estimate of drug-likeness (QED) is 0.915. The Morgan fingerprint density at radius 3 is 2.65 bits per heavy atom. The van der Waals surface area contributed by atoms with Crippen LogP contribution in [0.1, 0.15) is 12.0 Å². The fourth-order valence-corrected chi connectivity index (χ4v) is 4.09. The monoisotopic (exact) mass is 275 g/mol. The fraction of sp³-hybridized carbons (Fsp3) is 0.500. The summed E-state index contributed by atoms with van der Waals surface area (Å²) in [6, 6.07) is 7.20. The van der Waals surface area contributed by atoms with Crippen LogP contribution in [0.15, 0.2) is 29.2 Å². The first kappa shape index (κ1) is 14.5. The van der Waals surface area contributed by atoms with Crippen LogP contribution in [0.25, 0.3) is 0 Å². The lowest BCUT2D eigenvalue weighted by Gasteiger charge is -2.11. The molecule has 1 aliphatic heterocycles. The predicted octanol–water partition coefficient (Wildman–Crippen LogP) is 1.80. The van der Waals surface area contributed by atoms with Gasteiger partial charge in [0, 0.05) is 0 Å². The Labute approximate surface area is 109 Å². The third-order valence-electron chi connectivity index (χ3n) is 3.05. The second-order valence-corrected chi connectivity index (χ2v) is 6.41. The average molecular weight is 276 g/mol. The van der Waals surface area contributed by atoms with E-state index in [0.29, 0.717) is 4.90 Å². The van der Waals surface area contributed by atoms with Gasteiger partial charge in [0.05, 0.1) is 10.6 Å². The first-order valence-corrected chi connectivity index (χ1v) is 7.24. The largest absolute Gasteiger partial charge is 0.316 e. The third-order valence-corrected chi connectivity index (χ3v) is 5.08. The van der Waals surface area contributed by atoms with Gasteiger partial charge >= 0.3 is 0 Å². The zero-order valence-electron chi connectivity index (χ0n) is 9.85. The SMILES string of the molecule is Cc1ccccc1S(=O)(=O)CC1CCNC1.Cl. The van der Waals surface area contributed by atoms with Gasteiger partial charge in [-0.2, -0.15) is 0 Å². The van der Waals surface area contributed by atoms with E-state index in [4.69, 9.17) is 0 Å². The van der Waals surface area contributed by atoms with Crippen LogP contribution in [0.3, 0.4) is 0 Å². The Bertz CT molecular complexity index is 467. The molecule has 1 atom stereocenters. The van der Waals surface area contributed by atoms with Crippen LogP contribution in [-0.2, 0) is 9.84 Å². The summed E-state index contributed by atoms with van der Waals surface area (Å²) in [5.41, 5.74) is 0.841. The summed E-state index contributed by atoms with van der Waals surface area (Å²) in [7, 11) is -3.11. The van der Waals surface area contributed by atoms with Crippen molar-refractivity contribution in [2.45, 2.75) is 18.2 Å². The number of aryl methyl sites for hydroxylation is 1. The van der Waals surface area contributed by atoms with Gasteiger partial charge in [-0.05, 0) is 44.0 Å². The van der Waals surface area contributed by atoms with Gasteiger partial charge in [0.25, 0.3) is 0 Å². The van der Waals surface area contributed by atoms with Crippen molar-refractivity contribution in [2.24, 2.45) is 5.92 Å². The topological polar surface area (TPSA) is 46.2 Å². The highest BCUT2D eigenvalue weighted by Gasteiger charge is 2.24. The molecule has 1 aromatic rings. The molecule has 3 nitrogen and oxygen atoms in total. The van der Waals surface area contributed by atoms with Crippen LogP contribution in [-0.4, -0.2) is 27.3 Å². The van der Waals surface area contributed by atoms with Gasteiger partial charge in [-0.25, -0.2) is 8.42 Å². The van der Waals surface area contributed by atoms with Gasteiger partial charge in [0.15, 0.2) is 9.84 Å². The molecule has 1 N–H and O–H groups in total. The second kappa shape index (κ2) is 5.85. The molecule has 1 unspecified atom stereocenters. The maximum absolute atomic E-state index is 12.2. The van der Waals surface area contributed by atoms with E-state index in [1.54, 1.807) is 12.1 Å². The van der Waals surface area contributed by atoms with E-state index >= 15 is 0 Å². The minimum absolute atomic E-state index is 0. The van der Waals surface area contributed by atoms with Gasteiger partial charge in [-0.15, -0.1) is 12.4 Å². The summed E-state index contributed by atoms with van der Waals surface area (Å²) in [5, 5.41) is 3.20. The Morgan fingerprint density at radius 2 is 2.06 bits per heavy atom. The number of hydrogen-bond acceptors (Lipinski definition) is 3. The van der Waals surface area contributed by atoms with Crippen molar-refractivity contribution in [3.63, 3.8) is 0 Å². The minimum atomic E-state index is -3.11. The Balaban J connectivity index is 0.00000144. The summed E-state index contributed by atoms with van der Waals surface area (Å²) < 4.78 is 24.4. The van der Waals surface area contributed by atoms with E-state index in [1.807, 2.05) is 19.1 Å². The molecule has 0 radical (unpaired) electrons. The van der Waals surface area contributed by atoms with Gasteiger partial charge in [-0.3, -0.25) is 0 Å². The molecule has 0 aromatic heterocycles. The number of nitrogens with one attached hydrogen (secondary N) is 1. The molecule has 1 saturated heterocycles. The van der Waals surface area contributed by atoms with E-state index in [2.05, 4.69) is 5.32 Å². The first-order valence-electron chi connectivity index (χ1n) is 5.59. The lowest BCUT2D eigenvalue weighted by Crippen LogP contribution is -2.19. The van der Waals surface area contributed by atoms with Crippen LogP contribution in [0.2, 0.25) is 0 Å². The summed E-state index contributed by atoms with van der Waals surface area (Å²) in [5.74, 6) is 0.537. The summed E-state index contributed by atoms with van der Waals surface area (Å²) in [4.78, 5) is 0.488. The van der Waals surface area contributed by atoms with Crippen molar-refractivity contribution >= 4 is 22.2 Å². The van der Waals surface area contributed by atoms with Crippen LogP contribution in [0.4, 0.5) is 0 Å². The van der Waals surface area contributed by atoms with E-state index in [1.165, 1.54) is 0 Å². The maximum atomic E-state index is 12.2. The van der Waals surface area contributed by atoms with Crippen LogP contribution >= 0.6 is 12.4 Å². The third kappa shape index (κ3) is 3.44. The standard InChI is InChI=1S/C12H17NO2S.ClH/c1-10-4-2-3-5-12(10)16(14,15)9-11-6-7-13-8-11;/h2-5,11,13H,6-9H2,1H3;1H. The van der Waals surface area contributed by atoms with Crippen molar-refractivity contribution in [2.75, 3.05) is 18.8 Å². The molecule has 0 bridgehead atoms. The molecule has 1 heterocycles. The lowest BCUT2D eigenvalue weighted by molar-refractivity contribution is 0.570. The van der Waals surface area contributed by atoms with Gasteiger partial charge in [-0.1, -0.05) is 18.2 Å². The Morgan fingerprint density at radius 1 is 1.35 bits per heavy atom. The zero-order chi connectivity index (χ0) is 11.6. The molecule has 0 saturated carbocycles. The maximum Gasteiger partial charge on any atom is 0.178 e. The molecular formula is C12H18ClNO2S. The normalized spacial score (nSPS) is 19.9. The van der Waals surface area contributed by atoms with E-state index in [-0.39, 0.29) is 24.1 Å². The van der Waals surface area contributed by atoms with Gasteiger partial charge in [0.1, 0.15) is 0 Å². The number of hydrogen-bond donors (Lipinski definition) is 1. The molecule has 17 heavy (non-hydrogen) atoms. The molecule has 1 aromatic carbocycles. The van der Waals surface area contributed by atoms with Crippen LogP contribution in [0, 0.1) is 12.8 Å². The molecule has 2 rings (SSSR count). The molecule has 5 heteroatoms. The smallest absolute Gasteiger partial charge is 0.178 e. The van der Waals surface area contributed by atoms with Crippen molar-refractivity contribution in [1.29, 1.82) is 0 Å². The van der Waals surface area contributed by atoms with Crippen LogP contribution < -0.4 is 5.32 Å². The Kier molecular flexibility index (Phi) is 4.98. The lowest BCUT2D eigenvalue weighted by atomic mass is 10.2. The highest BCUT2D eigenvalue weighted by molar-refractivity contribution is 7.91. The van der Waals surface area contributed by atoms with Crippen molar-refractivity contribution in [1.82, 2.24) is 5.32 Å². The number of sulfone groups is 1. The van der Waals surface area contributed by atoms with Crippen LogP contribution in [0.5, 0.6) is 0 Å². The fourth-order valence-electron chi connectivity index (χ4n) is 2.16. The molecular weight excluding hydrogens is 258 g/mol. The summed E-state index contributed by atoms with van der Waals surface area (Å²) in [6.07, 6.45) is 0.963. The Hall–Kier alpha value is -0.580. The zero-order valence-corrected chi connectivity index (χ0v) is 11.5. The number of rotatable bonds is 3. The van der Waals surface area contributed by atoms with Crippen molar-refractivity contribution in [3.05, 3.63) is 29.8 Å². The van der Waals surface area contributed by atoms with Gasteiger partial charge in [0.2, 0.25) is 0 Å². The van der Waals surface area contributed by atoms with Crippen molar-refractivity contribution in [3.8, 4) is 0 Å². The average Bonchev–Trinajstić information content (AvgIpc) is 2.70. The first-order chi connectivity index (χ1) is 7.59. The van der Waals surface area contributed by atoms with E-state index in [0.717, 1.165) is 25.1 Å². The molecule has 0 aliphatic carbocycles. The molecule has 1 fully saturated rings. The highest BCUT2D eigenvalue weighted by atomic mass is 35.5. The predicted molar refractivity (Wildman–Crippen MR) is 71.5 cm³/mol. The molecule has 1 aliphatic rings. The van der Waals surface area contributed by atoms with E-state index in [9.17, 15) is 8.42 Å². The summed E-state index contributed by atoms with van der Waals surface area (Å²) in [6.45, 7) is 3.61. The number of benzene rings is 1. The molecule has 0 amide bonds. The summed E-state index contributed by atoms with van der Waals surface area (Å²) >= 11 is 0. The minimum Gasteiger partial charge on any atom is -0.316 e. The number of halogens is 1. The van der Waals surface area contributed by atoms with E-state index < -0.39 is 9.84 Å². The highest BCUT2D eigenvalue weighted by Crippen LogP contribution is 2.20. The second-order valence-electron chi connectivity index (χ2n) is 4.41.